The molecule has 5 N–H and O–H groups in total. The molecule has 2 fully saturated rings. The highest BCUT2D eigenvalue weighted by Crippen LogP contribution is 2.33. The Morgan fingerprint density at radius 2 is 1.67 bits per heavy atom. The van der Waals surface area contributed by atoms with E-state index in [4.69, 9.17) is 15.5 Å². The highest BCUT2D eigenvalue weighted by molar-refractivity contribution is 5.86. The molecule has 0 spiro atoms. The minimum Gasteiger partial charge on any atom is -0.453 e. The molecular formula is C36H42N8O4. The van der Waals surface area contributed by atoms with Crippen LogP contribution < -0.4 is 11.1 Å². The van der Waals surface area contributed by atoms with Gasteiger partial charge in [-0.25, -0.2) is 14.8 Å². The number of ether oxygens (including phenoxy) is 1. The first-order chi connectivity index (χ1) is 23.2. The summed E-state index contributed by atoms with van der Waals surface area (Å²) in [7, 11) is 1.30. The van der Waals surface area contributed by atoms with Gasteiger partial charge in [0.2, 0.25) is 11.8 Å². The number of amides is 3. The summed E-state index contributed by atoms with van der Waals surface area (Å²) >= 11 is 0. The molecule has 2 aromatic heterocycles. The number of rotatable bonds is 8. The van der Waals surface area contributed by atoms with Crippen molar-refractivity contribution < 1.29 is 19.1 Å². The molecule has 2 aliphatic rings. The summed E-state index contributed by atoms with van der Waals surface area (Å²) in [5.41, 5.74) is 10.8. The first-order valence-corrected chi connectivity index (χ1v) is 16.6. The average Bonchev–Trinajstić information content (AvgIpc) is 3.92. The Morgan fingerprint density at radius 3 is 2.38 bits per heavy atom. The third kappa shape index (κ3) is 7.06. The number of aromatic amines is 2. The van der Waals surface area contributed by atoms with E-state index in [-0.39, 0.29) is 36.4 Å². The normalized spacial score (nSPS) is 18.2. The highest BCUT2D eigenvalue weighted by Gasteiger charge is 2.37. The Bertz CT molecular complexity index is 1850. The molecule has 3 atom stereocenters. The number of H-pyrrole nitrogens is 2. The molecule has 48 heavy (non-hydrogen) atoms. The molecule has 0 radical (unpaired) electrons. The van der Waals surface area contributed by atoms with E-state index in [9.17, 15) is 14.4 Å². The molecule has 12 heteroatoms. The number of nitrogens with zero attached hydrogens (tertiary/aromatic N) is 4. The fourth-order valence-electron chi connectivity index (χ4n) is 6.67. The van der Waals surface area contributed by atoms with Gasteiger partial charge in [0, 0.05) is 24.2 Å². The first-order valence-electron chi connectivity index (χ1n) is 16.6. The van der Waals surface area contributed by atoms with E-state index >= 15 is 0 Å². The molecule has 0 saturated carbocycles. The van der Waals surface area contributed by atoms with E-state index in [0.29, 0.717) is 19.5 Å². The standard InChI is InChI=1S/C36H42N8O4/c1-22(2)18-28(42-36(47)48-3)35(46)44-17-5-7-31(44)34-39-26-15-12-24(19-27(26)40-34)9-8-23-10-13-25(14-11-23)29-21-38-33(41-29)30-6-4-16-43(30)32(45)20-37/h10-15,19,21-22,28,30-31H,4-7,16-18,20,37H2,1-3H3,(H,38,41)(H,39,40)(H,42,47)/t28-,30-,31-/m0/s1. The van der Waals surface area contributed by atoms with Gasteiger partial charge in [0.15, 0.2) is 0 Å². The van der Waals surface area contributed by atoms with Gasteiger partial charge in [-0.15, -0.1) is 0 Å². The van der Waals surface area contributed by atoms with Gasteiger partial charge in [-0.2, -0.15) is 0 Å². The second-order valence-electron chi connectivity index (χ2n) is 12.8. The van der Waals surface area contributed by atoms with Crippen molar-refractivity contribution in [2.75, 3.05) is 26.7 Å². The van der Waals surface area contributed by atoms with Crippen molar-refractivity contribution in [1.29, 1.82) is 0 Å². The maximum absolute atomic E-state index is 13.6. The van der Waals surface area contributed by atoms with Crippen LogP contribution in [0.25, 0.3) is 22.3 Å². The van der Waals surface area contributed by atoms with Crippen molar-refractivity contribution in [3.8, 4) is 23.1 Å². The lowest BCUT2D eigenvalue weighted by molar-refractivity contribution is -0.135. The second kappa shape index (κ2) is 14.3. The fraction of sp³-hybridized carbons (Fsp3) is 0.417. The van der Waals surface area contributed by atoms with Gasteiger partial charge in [0.1, 0.15) is 17.7 Å². The number of hydrogen-bond acceptors (Lipinski definition) is 7. The van der Waals surface area contributed by atoms with E-state index in [1.807, 2.05) is 66.1 Å². The van der Waals surface area contributed by atoms with Crippen molar-refractivity contribution in [3.63, 3.8) is 0 Å². The Kier molecular flexibility index (Phi) is 9.77. The van der Waals surface area contributed by atoms with Crippen LogP contribution in [-0.2, 0) is 14.3 Å². The predicted molar refractivity (Wildman–Crippen MR) is 181 cm³/mol. The van der Waals surface area contributed by atoms with Crippen LogP contribution in [0.1, 0.15) is 80.8 Å². The minimum absolute atomic E-state index is 0.00268. The molecule has 6 rings (SSSR count). The monoisotopic (exact) mass is 650 g/mol. The van der Waals surface area contributed by atoms with Crippen molar-refractivity contribution in [1.82, 2.24) is 35.1 Å². The molecule has 2 aliphatic heterocycles. The zero-order chi connectivity index (χ0) is 33.8. The molecule has 0 unspecified atom stereocenters. The van der Waals surface area contributed by atoms with Crippen LogP contribution in [0.2, 0.25) is 0 Å². The number of aromatic nitrogens is 4. The Balaban J connectivity index is 1.14. The number of benzene rings is 2. The molecule has 0 bridgehead atoms. The minimum atomic E-state index is -0.661. The number of hydrogen-bond donors (Lipinski definition) is 4. The van der Waals surface area contributed by atoms with E-state index in [0.717, 1.165) is 70.7 Å². The van der Waals surface area contributed by atoms with Crippen LogP contribution in [-0.4, -0.2) is 80.4 Å². The van der Waals surface area contributed by atoms with Gasteiger partial charge in [0.05, 0.1) is 48.7 Å². The Morgan fingerprint density at radius 1 is 0.979 bits per heavy atom. The number of fused-ring (bicyclic) bond motifs is 1. The van der Waals surface area contributed by atoms with Gasteiger partial charge in [-0.05, 0) is 73.9 Å². The average molecular weight is 651 g/mol. The molecule has 4 aromatic rings. The largest absolute Gasteiger partial charge is 0.453 e. The zero-order valence-electron chi connectivity index (χ0n) is 27.6. The van der Waals surface area contributed by atoms with Crippen molar-refractivity contribution >= 4 is 28.9 Å². The number of alkyl carbamates (subject to hydrolysis) is 1. The number of nitrogens with one attached hydrogen (secondary N) is 3. The summed E-state index contributed by atoms with van der Waals surface area (Å²) in [5.74, 6) is 8.05. The van der Waals surface area contributed by atoms with Gasteiger partial charge in [0.25, 0.3) is 0 Å². The molecule has 3 amide bonds. The number of methoxy groups -OCH3 is 1. The van der Waals surface area contributed by atoms with Crippen LogP contribution in [0.4, 0.5) is 4.79 Å². The predicted octanol–water partition coefficient (Wildman–Crippen LogP) is 4.41. The molecule has 12 nitrogen and oxygen atoms in total. The fourth-order valence-corrected chi connectivity index (χ4v) is 6.67. The van der Waals surface area contributed by atoms with Crippen molar-refractivity contribution in [2.45, 2.75) is 64.1 Å². The summed E-state index contributed by atoms with van der Waals surface area (Å²) in [6.45, 7) is 5.35. The third-order valence-electron chi connectivity index (χ3n) is 9.04. The zero-order valence-corrected chi connectivity index (χ0v) is 27.6. The number of carbonyl (C=O) groups excluding carboxylic acids is 3. The maximum Gasteiger partial charge on any atom is 0.407 e. The van der Waals surface area contributed by atoms with E-state index < -0.39 is 12.1 Å². The van der Waals surface area contributed by atoms with E-state index in [2.05, 4.69) is 32.1 Å². The van der Waals surface area contributed by atoms with Gasteiger partial charge in [-0.3, -0.25) is 9.59 Å². The topological polar surface area (TPSA) is 162 Å². The lowest BCUT2D eigenvalue weighted by Gasteiger charge is -2.29. The van der Waals surface area contributed by atoms with Gasteiger partial charge in [-0.1, -0.05) is 37.8 Å². The second-order valence-corrected chi connectivity index (χ2v) is 12.8. The molecule has 250 valence electrons. The summed E-state index contributed by atoms with van der Waals surface area (Å²) in [6.07, 6.45) is 5.15. The number of nitrogens with two attached hydrogens (primary N) is 1. The molecule has 2 aromatic carbocycles. The summed E-state index contributed by atoms with van der Waals surface area (Å²) in [5, 5.41) is 2.72. The molecule has 0 aliphatic carbocycles. The summed E-state index contributed by atoms with van der Waals surface area (Å²) in [4.78, 5) is 57.6. The lowest BCUT2D eigenvalue weighted by atomic mass is 10.0. The quantitative estimate of drug-likeness (QED) is 0.205. The Labute approximate surface area is 279 Å². The van der Waals surface area contributed by atoms with Crippen LogP contribution in [0.15, 0.2) is 48.7 Å². The molecule has 4 heterocycles. The third-order valence-corrected chi connectivity index (χ3v) is 9.04. The van der Waals surface area contributed by atoms with E-state index in [1.165, 1.54) is 7.11 Å². The lowest BCUT2D eigenvalue weighted by Crippen LogP contribution is -2.49. The van der Waals surface area contributed by atoms with Crippen LogP contribution >= 0.6 is 0 Å². The van der Waals surface area contributed by atoms with Crippen molar-refractivity contribution in [3.05, 3.63) is 71.4 Å². The Hall–Kier alpha value is -5.15. The smallest absolute Gasteiger partial charge is 0.407 e. The molecular weight excluding hydrogens is 608 g/mol. The molecule has 2 saturated heterocycles. The van der Waals surface area contributed by atoms with Crippen LogP contribution in [0.3, 0.4) is 0 Å². The first kappa shape index (κ1) is 32.8. The summed E-state index contributed by atoms with van der Waals surface area (Å²) < 4.78 is 4.77. The SMILES string of the molecule is COC(=O)N[C@@H](CC(C)C)C(=O)N1CCC[C@H]1c1nc2ccc(C#Cc3ccc(-c4cnc([C@@H]5CCCN5C(=O)CN)[nH]4)cc3)cc2[nH]1. The highest BCUT2D eigenvalue weighted by atomic mass is 16.5. The van der Waals surface area contributed by atoms with E-state index in [1.54, 1.807) is 6.20 Å². The number of likely N-dealkylation sites (tertiary alicyclic amines) is 2. The van der Waals surface area contributed by atoms with Gasteiger partial charge >= 0.3 is 6.09 Å². The van der Waals surface area contributed by atoms with Crippen LogP contribution in [0.5, 0.6) is 0 Å². The maximum atomic E-state index is 13.6. The summed E-state index contributed by atoms with van der Waals surface area (Å²) in [6, 6.07) is 12.9. The van der Waals surface area contributed by atoms with Crippen LogP contribution in [0, 0.1) is 17.8 Å². The number of carbonyl (C=O) groups is 3. The van der Waals surface area contributed by atoms with Crippen molar-refractivity contribution in [2.24, 2.45) is 11.7 Å². The van der Waals surface area contributed by atoms with Gasteiger partial charge < -0.3 is 35.6 Å². The number of imidazole rings is 2.